The molecule has 0 aliphatic carbocycles. The summed E-state index contributed by atoms with van der Waals surface area (Å²) in [5, 5.41) is 15.7. The molecule has 0 aromatic heterocycles. The van der Waals surface area contributed by atoms with Gasteiger partial charge in [-0.2, -0.15) is 11.8 Å². The van der Waals surface area contributed by atoms with Crippen LogP contribution in [0.15, 0.2) is 0 Å². The Kier molecular flexibility index (Phi) is 6.46. The van der Waals surface area contributed by atoms with Gasteiger partial charge in [0.1, 0.15) is 0 Å². The van der Waals surface area contributed by atoms with Gasteiger partial charge in [-0.25, -0.2) is 0 Å². The summed E-state index contributed by atoms with van der Waals surface area (Å²) in [4.78, 5) is 12.5. The number of thioether (sulfide) groups is 1. The highest BCUT2D eigenvalue weighted by Crippen LogP contribution is 2.31. The van der Waals surface area contributed by atoms with E-state index in [0.29, 0.717) is 0 Å². The predicted octanol–water partition coefficient (Wildman–Crippen LogP) is 0.995. The highest BCUT2D eigenvalue weighted by Gasteiger charge is 2.40. The van der Waals surface area contributed by atoms with Crippen molar-refractivity contribution in [2.75, 3.05) is 26.0 Å². The van der Waals surface area contributed by atoms with Crippen molar-refractivity contribution in [3.63, 3.8) is 0 Å². The molecule has 0 aromatic carbocycles. The van der Waals surface area contributed by atoms with Gasteiger partial charge in [0.25, 0.3) is 0 Å². The van der Waals surface area contributed by atoms with Gasteiger partial charge in [-0.15, -0.1) is 0 Å². The molecule has 1 rings (SSSR count). The van der Waals surface area contributed by atoms with Crippen LogP contribution in [-0.2, 0) is 4.79 Å². The summed E-state index contributed by atoms with van der Waals surface area (Å²) >= 11 is 1.59. The first kappa shape index (κ1) is 15.8. The molecule has 1 heterocycles. The molecule has 3 atom stereocenters. The maximum absolute atomic E-state index is 12.5. The zero-order valence-corrected chi connectivity index (χ0v) is 12.5. The molecule has 3 N–H and O–H groups in total. The molecule has 18 heavy (non-hydrogen) atoms. The van der Waals surface area contributed by atoms with E-state index in [4.69, 9.17) is 0 Å². The highest BCUT2D eigenvalue weighted by molar-refractivity contribution is 7.99. The van der Waals surface area contributed by atoms with Gasteiger partial charge >= 0.3 is 0 Å². The third kappa shape index (κ3) is 3.62. The zero-order valence-electron chi connectivity index (χ0n) is 11.7. The van der Waals surface area contributed by atoms with Crippen LogP contribution in [0.2, 0.25) is 0 Å². The van der Waals surface area contributed by atoms with Crippen molar-refractivity contribution in [2.24, 2.45) is 5.41 Å². The minimum atomic E-state index is -0.235. The van der Waals surface area contributed by atoms with Gasteiger partial charge in [0.15, 0.2) is 0 Å². The number of hydrogen-bond acceptors (Lipinski definition) is 4. The van der Waals surface area contributed by atoms with E-state index in [2.05, 4.69) is 17.6 Å². The number of rotatable bonds is 7. The number of aliphatic hydroxyl groups is 1. The summed E-state index contributed by atoms with van der Waals surface area (Å²) < 4.78 is 0. The minimum Gasteiger partial charge on any atom is -0.395 e. The Hall–Kier alpha value is -0.260. The Labute approximate surface area is 114 Å². The van der Waals surface area contributed by atoms with E-state index in [1.54, 1.807) is 11.8 Å². The van der Waals surface area contributed by atoms with Crippen LogP contribution in [0.4, 0.5) is 0 Å². The Morgan fingerprint density at radius 2 is 2.33 bits per heavy atom. The molecule has 1 saturated heterocycles. The molecule has 1 aliphatic heterocycles. The molecule has 5 heteroatoms. The summed E-state index contributed by atoms with van der Waals surface area (Å²) in [5.74, 6) is 0.148. The quantitative estimate of drug-likeness (QED) is 0.648. The van der Waals surface area contributed by atoms with Crippen molar-refractivity contribution in [3.05, 3.63) is 0 Å². The number of amides is 1. The molecule has 106 valence electrons. The lowest BCUT2D eigenvalue weighted by molar-refractivity contribution is -0.131. The molecule has 0 aromatic rings. The van der Waals surface area contributed by atoms with Crippen LogP contribution in [0.5, 0.6) is 0 Å². The lowest BCUT2D eigenvalue weighted by Gasteiger charge is -2.30. The predicted molar refractivity (Wildman–Crippen MR) is 76.8 cm³/mol. The van der Waals surface area contributed by atoms with Crippen LogP contribution in [0.25, 0.3) is 0 Å². The normalized spacial score (nSPS) is 26.9. The Morgan fingerprint density at radius 3 is 2.78 bits per heavy atom. The topological polar surface area (TPSA) is 61.4 Å². The second-order valence-electron chi connectivity index (χ2n) is 5.18. The summed E-state index contributed by atoms with van der Waals surface area (Å²) in [6.07, 6.45) is 4.84. The smallest absolute Gasteiger partial charge is 0.227 e. The molecule has 1 aliphatic rings. The molecule has 0 saturated carbocycles. The maximum Gasteiger partial charge on any atom is 0.227 e. The first-order valence-electron chi connectivity index (χ1n) is 6.75. The maximum atomic E-state index is 12.5. The minimum absolute atomic E-state index is 0.00633. The lowest BCUT2D eigenvalue weighted by Crippen LogP contribution is -2.49. The SMILES string of the molecule is CCCC1(C(=O)NC(C)C(CO)SC)CCNC1. The van der Waals surface area contributed by atoms with Crippen molar-refractivity contribution < 1.29 is 9.90 Å². The molecule has 0 spiro atoms. The average molecular weight is 274 g/mol. The van der Waals surface area contributed by atoms with Crippen LogP contribution in [0.3, 0.4) is 0 Å². The van der Waals surface area contributed by atoms with Crippen LogP contribution in [-0.4, -0.2) is 48.3 Å². The van der Waals surface area contributed by atoms with E-state index in [9.17, 15) is 9.90 Å². The first-order valence-corrected chi connectivity index (χ1v) is 8.03. The van der Waals surface area contributed by atoms with Crippen molar-refractivity contribution in [1.29, 1.82) is 0 Å². The van der Waals surface area contributed by atoms with E-state index in [-0.39, 0.29) is 29.2 Å². The fourth-order valence-corrected chi connectivity index (χ4v) is 3.26. The fraction of sp³-hybridized carbons (Fsp3) is 0.923. The van der Waals surface area contributed by atoms with Gasteiger partial charge in [-0.05, 0) is 32.6 Å². The Morgan fingerprint density at radius 1 is 1.61 bits per heavy atom. The van der Waals surface area contributed by atoms with E-state index in [0.717, 1.165) is 32.4 Å². The summed E-state index contributed by atoms with van der Waals surface area (Å²) in [7, 11) is 0. The van der Waals surface area contributed by atoms with Gasteiger partial charge in [0.05, 0.1) is 12.0 Å². The molecular weight excluding hydrogens is 248 g/mol. The molecule has 0 radical (unpaired) electrons. The van der Waals surface area contributed by atoms with Crippen molar-refractivity contribution in [3.8, 4) is 0 Å². The van der Waals surface area contributed by atoms with Gasteiger partial charge in [-0.1, -0.05) is 13.3 Å². The third-order valence-electron chi connectivity index (χ3n) is 3.85. The van der Waals surface area contributed by atoms with Crippen molar-refractivity contribution >= 4 is 17.7 Å². The summed E-state index contributed by atoms with van der Waals surface area (Å²) in [6, 6.07) is 0.00633. The number of carbonyl (C=O) groups excluding carboxylic acids is 1. The molecule has 4 nitrogen and oxygen atoms in total. The Balaban J connectivity index is 2.61. The number of carbonyl (C=O) groups is 1. The second kappa shape index (κ2) is 7.36. The van der Waals surface area contributed by atoms with E-state index >= 15 is 0 Å². The molecule has 1 fully saturated rings. The largest absolute Gasteiger partial charge is 0.395 e. The number of aliphatic hydroxyl groups excluding tert-OH is 1. The Bertz CT molecular complexity index is 264. The van der Waals surface area contributed by atoms with Crippen LogP contribution >= 0.6 is 11.8 Å². The zero-order chi connectivity index (χ0) is 13.6. The van der Waals surface area contributed by atoms with E-state index in [1.807, 2.05) is 13.2 Å². The third-order valence-corrected chi connectivity index (χ3v) is 5.02. The average Bonchev–Trinajstić information content (AvgIpc) is 2.81. The number of nitrogens with one attached hydrogen (secondary N) is 2. The summed E-state index contributed by atoms with van der Waals surface area (Å²) in [5.41, 5.74) is -0.235. The standard InChI is InChI=1S/C13H26N2O2S/c1-4-5-13(6-7-14-9-13)12(17)15-10(2)11(8-16)18-3/h10-11,14,16H,4-9H2,1-3H3,(H,15,17). The fourth-order valence-electron chi connectivity index (χ4n) is 2.63. The molecule has 0 bridgehead atoms. The number of hydrogen-bond donors (Lipinski definition) is 3. The van der Waals surface area contributed by atoms with Gasteiger partial charge in [0.2, 0.25) is 5.91 Å². The second-order valence-corrected chi connectivity index (χ2v) is 6.25. The highest BCUT2D eigenvalue weighted by atomic mass is 32.2. The monoisotopic (exact) mass is 274 g/mol. The lowest BCUT2D eigenvalue weighted by atomic mass is 9.81. The van der Waals surface area contributed by atoms with E-state index in [1.165, 1.54) is 0 Å². The van der Waals surface area contributed by atoms with Crippen LogP contribution in [0, 0.1) is 5.41 Å². The molecule has 1 amide bonds. The summed E-state index contributed by atoms with van der Waals surface area (Å²) in [6.45, 7) is 5.89. The molecular formula is C13H26N2O2S. The van der Waals surface area contributed by atoms with Crippen molar-refractivity contribution in [2.45, 2.75) is 44.4 Å². The van der Waals surface area contributed by atoms with Gasteiger partial charge in [0, 0.05) is 17.8 Å². The van der Waals surface area contributed by atoms with Crippen molar-refractivity contribution in [1.82, 2.24) is 10.6 Å². The first-order chi connectivity index (χ1) is 8.59. The van der Waals surface area contributed by atoms with Gasteiger partial charge < -0.3 is 15.7 Å². The van der Waals surface area contributed by atoms with Crippen LogP contribution in [0.1, 0.15) is 33.1 Å². The van der Waals surface area contributed by atoms with E-state index < -0.39 is 0 Å². The van der Waals surface area contributed by atoms with Crippen LogP contribution < -0.4 is 10.6 Å². The van der Waals surface area contributed by atoms with Gasteiger partial charge in [-0.3, -0.25) is 4.79 Å². The molecule has 3 unspecified atom stereocenters.